The van der Waals surface area contributed by atoms with E-state index in [1.807, 2.05) is 13.8 Å². The molecule has 2 atom stereocenters. The molecule has 24 heavy (non-hydrogen) atoms. The molecule has 0 bridgehead atoms. The van der Waals surface area contributed by atoms with Gasteiger partial charge in [-0.15, -0.1) is 0 Å². The Kier molecular flexibility index (Phi) is 12.4. The molecule has 0 saturated carbocycles. The number of carbonyl (C=O) groups excluding carboxylic acids is 1. The van der Waals surface area contributed by atoms with Gasteiger partial charge in [0.25, 0.3) is 0 Å². The van der Waals surface area contributed by atoms with Gasteiger partial charge in [0.05, 0.1) is 6.61 Å². The van der Waals surface area contributed by atoms with Crippen LogP contribution in [-0.4, -0.2) is 18.4 Å². The monoisotopic (exact) mass is 338 g/mol. The van der Waals surface area contributed by atoms with Crippen molar-refractivity contribution in [3.8, 4) is 0 Å². The van der Waals surface area contributed by atoms with Crippen LogP contribution in [-0.2, 0) is 9.47 Å². The quantitative estimate of drug-likeness (QED) is 0.294. The number of hydrogen-bond donors (Lipinski definition) is 0. The van der Waals surface area contributed by atoms with E-state index >= 15 is 0 Å². The van der Waals surface area contributed by atoms with E-state index < -0.39 is 11.8 Å². The van der Waals surface area contributed by atoms with Crippen molar-refractivity contribution in [3.63, 3.8) is 0 Å². The molecule has 0 aromatic rings. The Balaban J connectivity index is 4.13. The maximum absolute atomic E-state index is 11.8. The van der Waals surface area contributed by atoms with Crippen LogP contribution in [0.15, 0.2) is 24.3 Å². The van der Waals surface area contributed by atoms with Crippen LogP contribution >= 0.6 is 0 Å². The largest absolute Gasteiger partial charge is 0.508 e. The Morgan fingerprint density at radius 1 is 1.08 bits per heavy atom. The summed E-state index contributed by atoms with van der Waals surface area (Å²) in [5.74, 6) is 0.736. The van der Waals surface area contributed by atoms with Crippen LogP contribution in [0.5, 0.6) is 0 Å². The standard InChI is InChI=1S/C21H38O3/c1-7-9-10-11-12-13-15-18(3)16-21(5,6)24-20(22)23-17-19(4)14-8-2/h10-11,13,15,18-19H,7-9,12,14,16-17H2,1-6H3/b11-10-,15-13-. The second-order valence-electron chi connectivity index (χ2n) is 7.42. The van der Waals surface area contributed by atoms with E-state index in [2.05, 4.69) is 52.0 Å². The highest BCUT2D eigenvalue weighted by atomic mass is 16.7. The Morgan fingerprint density at radius 3 is 2.42 bits per heavy atom. The molecule has 0 N–H and O–H groups in total. The normalized spacial score (nSPS) is 14.9. The van der Waals surface area contributed by atoms with Crippen LogP contribution in [0.25, 0.3) is 0 Å². The molecule has 3 heteroatoms. The number of allylic oxidation sites excluding steroid dienone is 4. The van der Waals surface area contributed by atoms with Crippen molar-refractivity contribution < 1.29 is 14.3 Å². The van der Waals surface area contributed by atoms with Crippen molar-refractivity contribution in [2.75, 3.05) is 6.61 Å². The van der Waals surface area contributed by atoms with Gasteiger partial charge in [-0.3, -0.25) is 0 Å². The van der Waals surface area contributed by atoms with Crippen molar-refractivity contribution in [2.24, 2.45) is 11.8 Å². The summed E-state index contributed by atoms with van der Waals surface area (Å²) in [5, 5.41) is 0. The molecule has 0 spiro atoms. The highest BCUT2D eigenvalue weighted by molar-refractivity contribution is 5.60. The van der Waals surface area contributed by atoms with Gasteiger partial charge in [0.15, 0.2) is 0 Å². The summed E-state index contributed by atoms with van der Waals surface area (Å²) in [6.07, 6.45) is 14.5. The van der Waals surface area contributed by atoms with Gasteiger partial charge < -0.3 is 9.47 Å². The molecular formula is C21H38O3. The summed E-state index contributed by atoms with van der Waals surface area (Å²) < 4.78 is 10.7. The highest BCUT2D eigenvalue weighted by Crippen LogP contribution is 2.22. The first-order valence-corrected chi connectivity index (χ1v) is 9.48. The van der Waals surface area contributed by atoms with Gasteiger partial charge in [-0.1, -0.05) is 64.8 Å². The molecule has 0 amide bonds. The maximum Gasteiger partial charge on any atom is 0.508 e. The fourth-order valence-electron chi connectivity index (χ4n) is 2.70. The average Bonchev–Trinajstić information content (AvgIpc) is 2.48. The Morgan fingerprint density at radius 2 is 1.79 bits per heavy atom. The first-order valence-electron chi connectivity index (χ1n) is 9.48. The molecule has 0 fully saturated rings. The summed E-state index contributed by atoms with van der Waals surface area (Å²) in [5.41, 5.74) is -0.521. The van der Waals surface area contributed by atoms with Gasteiger partial charge in [0, 0.05) is 0 Å². The van der Waals surface area contributed by atoms with Crippen LogP contribution in [0.2, 0.25) is 0 Å². The molecule has 0 saturated heterocycles. The number of carbonyl (C=O) groups is 1. The molecule has 0 aliphatic carbocycles. The molecule has 0 heterocycles. The highest BCUT2D eigenvalue weighted by Gasteiger charge is 2.25. The summed E-state index contributed by atoms with van der Waals surface area (Å²) in [6, 6.07) is 0. The van der Waals surface area contributed by atoms with Gasteiger partial charge >= 0.3 is 6.16 Å². The van der Waals surface area contributed by atoms with Crippen LogP contribution in [0.1, 0.15) is 80.1 Å². The second-order valence-corrected chi connectivity index (χ2v) is 7.42. The first kappa shape index (κ1) is 22.8. The first-order chi connectivity index (χ1) is 11.3. The lowest BCUT2D eigenvalue weighted by Gasteiger charge is -2.27. The van der Waals surface area contributed by atoms with Crippen molar-refractivity contribution in [3.05, 3.63) is 24.3 Å². The minimum atomic E-state index is -0.554. The van der Waals surface area contributed by atoms with E-state index in [0.29, 0.717) is 18.4 Å². The van der Waals surface area contributed by atoms with Gasteiger partial charge in [-0.25, -0.2) is 4.79 Å². The lowest BCUT2D eigenvalue weighted by molar-refractivity contribution is -0.0288. The van der Waals surface area contributed by atoms with E-state index in [1.54, 1.807) is 0 Å². The third kappa shape index (κ3) is 13.2. The van der Waals surface area contributed by atoms with Crippen LogP contribution in [0, 0.1) is 11.8 Å². The predicted molar refractivity (Wildman–Crippen MR) is 102 cm³/mol. The SMILES string of the molecule is CCC/C=C\C/C=C\C(C)CC(C)(C)OC(=O)OCC(C)CCC. The molecule has 2 unspecified atom stereocenters. The zero-order valence-corrected chi connectivity index (χ0v) is 16.6. The Labute approximate surface area is 149 Å². The van der Waals surface area contributed by atoms with Crippen molar-refractivity contribution in [1.29, 1.82) is 0 Å². The fourth-order valence-corrected chi connectivity index (χ4v) is 2.70. The summed E-state index contributed by atoms with van der Waals surface area (Å²) in [6.45, 7) is 12.9. The molecule has 3 nitrogen and oxygen atoms in total. The number of rotatable bonds is 12. The van der Waals surface area contributed by atoms with E-state index in [-0.39, 0.29) is 0 Å². The summed E-state index contributed by atoms with van der Waals surface area (Å²) >= 11 is 0. The van der Waals surface area contributed by atoms with Crippen LogP contribution in [0.4, 0.5) is 4.79 Å². The molecule has 0 aliphatic heterocycles. The fraction of sp³-hybridized carbons (Fsp3) is 0.762. The molecule has 140 valence electrons. The topological polar surface area (TPSA) is 35.5 Å². The third-order valence-corrected chi connectivity index (χ3v) is 3.80. The molecule has 0 aliphatic rings. The molecule has 0 radical (unpaired) electrons. The van der Waals surface area contributed by atoms with Crippen LogP contribution < -0.4 is 0 Å². The zero-order valence-electron chi connectivity index (χ0n) is 16.6. The second kappa shape index (κ2) is 13.1. The smallest absolute Gasteiger partial charge is 0.434 e. The van der Waals surface area contributed by atoms with Gasteiger partial charge in [0.1, 0.15) is 5.60 Å². The molecular weight excluding hydrogens is 300 g/mol. The van der Waals surface area contributed by atoms with Gasteiger partial charge in [-0.05, 0) is 51.4 Å². The third-order valence-electron chi connectivity index (χ3n) is 3.80. The van der Waals surface area contributed by atoms with E-state index in [0.717, 1.165) is 32.1 Å². The number of hydrogen-bond acceptors (Lipinski definition) is 3. The average molecular weight is 339 g/mol. The van der Waals surface area contributed by atoms with Crippen molar-refractivity contribution in [1.82, 2.24) is 0 Å². The summed E-state index contributed by atoms with van der Waals surface area (Å²) in [7, 11) is 0. The van der Waals surface area contributed by atoms with Crippen LogP contribution in [0.3, 0.4) is 0 Å². The molecule has 0 aromatic heterocycles. The maximum atomic E-state index is 11.8. The van der Waals surface area contributed by atoms with E-state index in [9.17, 15) is 4.79 Å². The lowest BCUT2D eigenvalue weighted by atomic mass is 9.94. The Hall–Kier alpha value is -1.25. The zero-order chi connectivity index (χ0) is 18.4. The summed E-state index contributed by atoms with van der Waals surface area (Å²) in [4.78, 5) is 11.8. The van der Waals surface area contributed by atoms with Gasteiger partial charge in [-0.2, -0.15) is 0 Å². The number of unbranched alkanes of at least 4 members (excludes halogenated alkanes) is 1. The number of ether oxygens (including phenoxy) is 2. The van der Waals surface area contributed by atoms with Crippen molar-refractivity contribution in [2.45, 2.75) is 85.7 Å². The van der Waals surface area contributed by atoms with Crippen molar-refractivity contribution >= 4 is 6.16 Å². The van der Waals surface area contributed by atoms with E-state index in [1.165, 1.54) is 6.42 Å². The Bertz CT molecular complexity index is 383. The minimum Gasteiger partial charge on any atom is -0.434 e. The van der Waals surface area contributed by atoms with Gasteiger partial charge in [0.2, 0.25) is 0 Å². The van der Waals surface area contributed by atoms with E-state index in [4.69, 9.17) is 9.47 Å². The molecule has 0 aromatic carbocycles. The molecule has 0 rings (SSSR count). The predicted octanol–water partition coefficient (Wildman–Crippen LogP) is 6.68. The lowest BCUT2D eigenvalue weighted by Crippen LogP contribution is -2.30. The minimum absolute atomic E-state index is 0.353.